The van der Waals surface area contributed by atoms with Crippen LogP contribution in [0.25, 0.3) is 0 Å². The van der Waals surface area contributed by atoms with Crippen molar-refractivity contribution in [3.05, 3.63) is 44.0 Å². The Kier molecular flexibility index (Phi) is 4.57. The van der Waals surface area contributed by atoms with Crippen molar-refractivity contribution >= 4 is 15.7 Å². The van der Waals surface area contributed by atoms with Gasteiger partial charge in [0.25, 0.3) is 5.69 Å². The number of rotatable bonds is 6. The molecule has 0 atom stereocenters. The summed E-state index contributed by atoms with van der Waals surface area (Å²) in [5, 5.41) is 28.9. The van der Waals surface area contributed by atoms with Gasteiger partial charge in [-0.1, -0.05) is 6.07 Å². The van der Waals surface area contributed by atoms with Crippen molar-refractivity contribution in [1.82, 2.24) is 4.41 Å². The minimum atomic E-state index is -4.57. The number of hydrogen-bond acceptors (Lipinski definition) is 7. The first-order valence-corrected chi connectivity index (χ1v) is 6.68. The van der Waals surface area contributed by atoms with Gasteiger partial charge in [0.15, 0.2) is 5.03 Å². The Labute approximate surface area is 113 Å². The Morgan fingerprint density at radius 3 is 2.35 bits per heavy atom. The molecule has 10 nitrogen and oxygen atoms in total. The fraction of sp³-hybridized carbons (Fsp3) is 0.333. The number of aliphatic hydroxyl groups is 1. The molecule has 0 bridgehead atoms. The van der Waals surface area contributed by atoms with Gasteiger partial charge in [0.1, 0.15) is 6.54 Å². The summed E-state index contributed by atoms with van der Waals surface area (Å²) in [7, 11) is -4.57. The van der Waals surface area contributed by atoms with E-state index in [2.05, 4.69) is 0 Å². The maximum atomic E-state index is 12.0. The molecule has 0 aromatic heterocycles. The van der Waals surface area contributed by atoms with Gasteiger partial charge in [0.2, 0.25) is 0 Å². The molecule has 1 rings (SSSR count). The zero-order valence-electron chi connectivity index (χ0n) is 10.3. The fourth-order valence-corrected chi connectivity index (χ4v) is 2.68. The number of benzene rings is 1. The van der Waals surface area contributed by atoms with Crippen LogP contribution in [0.5, 0.6) is 0 Å². The van der Waals surface area contributed by atoms with E-state index in [-0.39, 0.29) is 9.98 Å². The summed E-state index contributed by atoms with van der Waals surface area (Å²) in [6, 6.07) is 2.96. The fourth-order valence-electron chi connectivity index (χ4n) is 1.44. The van der Waals surface area contributed by atoms with Crippen LogP contribution in [0.3, 0.4) is 0 Å². The summed E-state index contributed by atoms with van der Waals surface area (Å²) >= 11 is 0. The number of hydrazine groups is 1. The van der Waals surface area contributed by atoms with Crippen molar-refractivity contribution in [2.45, 2.75) is 11.8 Å². The Hall–Kier alpha value is -2.27. The Morgan fingerprint density at radius 1 is 1.30 bits per heavy atom. The highest BCUT2D eigenvalue weighted by Crippen LogP contribution is 2.24. The summed E-state index contributed by atoms with van der Waals surface area (Å²) in [5.41, 5.74) is -0.234. The predicted octanol–water partition coefficient (Wildman–Crippen LogP) is 0.0779. The lowest BCUT2D eigenvalue weighted by Gasteiger charge is -2.13. The molecule has 0 unspecified atom stereocenters. The molecule has 20 heavy (non-hydrogen) atoms. The third-order valence-electron chi connectivity index (χ3n) is 2.43. The Balaban J connectivity index is 3.38. The van der Waals surface area contributed by atoms with Crippen LogP contribution in [0.15, 0.2) is 23.1 Å². The van der Waals surface area contributed by atoms with Crippen molar-refractivity contribution in [3.63, 3.8) is 0 Å². The third kappa shape index (κ3) is 3.00. The van der Waals surface area contributed by atoms with Crippen molar-refractivity contribution in [2.75, 3.05) is 13.2 Å². The van der Waals surface area contributed by atoms with Crippen molar-refractivity contribution < 1.29 is 23.5 Å². The molecule has 0 aliphatic rings. The van der Waals surface area contributed by atoms with Crippen LogP contribution in [0.2, 0.25) is 0 Å². The molecule has 0 aliphatic carbocycles. The van der Waals surface area contributed by atoms with E-state index in [4.69, 9.17) is 5.11 Å². The van der Waals surface area contributed by atoms with Crippen LogP contribution < -0.4 is 0 Å². The maximum absolute atomic E-state index is 12.0. The van der Waals surface area contributed by atoms with Crippen LogP contribution in [0, 0.1) is 27.2 Å². The summed E-state index contributed by atoms with van der Waals surface area (Å²) < 4.78 is 23.8. The molecule has 110 valence electrons. The highest BCUT2D eigenvalue weighted by atomic mass is 32.2. The first kappa shape index (κ1) is 15.8. The van der Waals surface area contributed by atoms with Gasteiger partial charge in [-0.3, -0.25) is 10.1 Å². The summed E-state index contributed by atoms with van der Waals surface area (Å²) in [4.78, 5) is 20.1. The van der Waals surface area contributed by atoms with Gasteiger partial charge >= 0.3 is 10.0 Å². The summed E-state index contributed by atoms with van der Waals surface area (Å²) in [5.74, 6) is 0. The van der Waals surface area contributed by atoms with Gasteiger partial charge in [0, 0.05) is 11.6 Å². The van der Waals surface area contributed by atoms with Gasteiger partial charge in [-0.25, -0.2) is 10.1 Å². The van der Waals surface area contributed by atoms with Gasteiger partial charge in [-0.05, 0) is 17.4 Å². The smallest absolute Gasteiger partial charge is 0.313 e. The van der Waals surface area contributed by atoms with Crippen LogP contribution in [-0.4, -0.2) is 41.0 Å². The monoisotopic (exact) mass is 305 g/mol. The van der Waals surface area contributed by atoms with E-state index in [9.17, 15) is 28.6 Å². The van der Waals surface area contributed by atoms with Gasteiger partial charge in [0.05, 0.1) is 16.4 Å². The van der Waals surface area contributed by atoms with E-state index in [1.54, 1.807) is 0 Å². The standard InChI is InChI=1S/C9H11N3O7S/c1-7-2-3-8(6-9(7)11(14)15)20(18,19)10(4-5-13)12(16)17/h2-3,6,13H,4-5H2,1H3. The highest BCUT2D eigenvalue weighted by Gasteiger charge is 2.33. The molecule has 1 aromatic carbocycles. The van der Waals surface area contributed by atoms with E-state index < -0.39 is 43.7 Å². The van der Waals surface area contributed by atoms with Crippen molar-refractivity contribution in [1.29, 1.82) is 0 Å². The number of nitro groups is 2. The maximum Gasteiger partial charge on any atom is 0.313 e. The minimum absolute atomic E-state index is 0.165. The van der Waals surface area contributed by atoms with Crippen LogP contribution in [0.4, 0.5) is 5.69 Å². The van der Waals surface area contributed by atoms with Gasteiger partial charge in [-0.2, -0.15) is 8.42 Å². The molecular formula is C9H11N3O7S. The quantitative estimate of drug-likeness (QED) is 0.578. The first-order valence-electron chi connectivity index (χ1n) is 5.24. The zero-order chi connectivity index (χ0) is 15.5. The number of nitro benzene ring substituents is 1. The van der Waals surface area contributed by atoms with Crippen LogP contribution in [-0.2, 0) is 10.0 Å². The first-order chi connectivity index (χ1) is 9.21. The molecule has 0 spiro atoms. The van der Waals surface area contributed by atoms with Gasteiger partial charge < -0.3 is 5.11 Å². The molecule has 1 aromatic rings. The lowest BCUT2D eigenvalue weighted by molar-refractivity contribution is -0.620. The Morgan fingerprint density at radius 2 is 1.90 bits per heavy atom. The molecule has 0 saturated carbocycles. The second-order valence-electron chi connectivity index (χ2n) is 3.72. The SMILES string of the molecule is Cc1ccc(S(=O)(=O)N(CCO)[N+](=O)[O-])cc1[N+](=O)[O-]. The van der Waals surface area contributed by atoms with E-state index in [0.29, 0.717) is 0 Å². The summed E-state index contributed by atoms with van der Waals surface area (Å²) in [6.45, 7) is -0.0985. The van der Waals surface area contributed by atoms with E-state index >= 15 is 0 Å². The number of nitrogens with zero attached hydrogens (tertiary/aromatic N) is 3. The largest absolute Gasteiger partial charge is 0.394 e. The second kappa shape index (κ2) is 5.79. The number of sulfonamides is 1. The van der Waals surface area contributed by atoms with Crippen LogP contribution in [0.1, 0.15) is 5.56 Å². The topological polar surface area (TPSA) is 144 Å². The molecule has 0 radical (unpaired) electrons. The molecule has 0 amide bonds. The lowest BCUT2D eigenvalue weighted by Crippen LogP contribution is -2.38. The average Bonchev–Trinajstić information content (AvgIpc) is 2.35. The normalized spacial score (nSPS) is 11.1. The Bertz CT molecular complexity index is 643. The molecule has 1 N–H and O–H groups in total. The molecule has 0 fully saturated rings. The summed E-state index contributed by atoms with van der Waals surface area (Å²) in [6.07, 6.45) is 0. The predicted molar refractivity (Wildman–Crippen MR) is 65.8 cm³/mol. The second-order valence-corrected chi connectivity index (χ2v) is 5.56. The van der Waals surface area contributed by atoms with Crippen molar-refractivity contribution in [2.24, 2.45) is 0 Å². The lowest BCUT2D eigenvalue weighted by atomic mass is 10.2. The number of aryl methyl sites for hydroxylation is 1. The zero-order valence-corrected chi connectivity index (χ0v) is 11.1. The molecule has 0 aliphatic heterocycles. The van der Waals surface area contributed by atoms with Crippen LogP contribution >= 0.6 is 0 Å². The molecular weight excluding hydrogens is 294 g/mol. The minimum Gasteiger partial charge on any atom is -0.394 e. The highest BCUT2D eigenvalue weighted by molar-refractivity contribution is 7.89. The van der Waals surface area contributed by atoms with E-state index in [1.165, 1.54) is 13.0 Å². The third-order valence-corrected chi connectivity index (χ3v) is 4.15. The molecule has 0 saturated heterocycles. The molecule has 0 heterocycles. The average molecular weight is 305 g/mol. The number of aliphatic hydroxyl groups excluding tert-OH is 1. The van der Waals surface area contributed by atoms with E-state index in [1.807, 2.05) is 0 Å². The van der Waals surface area contributed by atoms with Gasteiger partial charge in [-0.15, -0.1) is 0 Å². The van der Waals surface area contributed by atoms with E-state index in [0.717, 1.165) is 12.1 Å². The van der Waals surface area contributed by atoms with Crippen molar-refractivity contribution in [3.8, 4) is 0 Å². The number of hydrogen-bond donors (Lipinski definition) is 1. The molecule has 11 heteroatoms.